The maximum atomic E-state index is 14.0. The summed E-state index contributed by atoms with van der Waals surface area (Å²) >= 11 is 1.51. The molecule has 0 radical (unpaired) electrons. The Kier molecular flexibility index (Phi) is 11.5. The highest BCUT2D eigenvalue weighted by Crippen LogP contribution is 2.28. The van der Waals surface area contributed by atoms with E-state index in [0.29, 0.717) is 31.0 Å². The van der Waals surface area contributed by atoms with Crippen LogP contribution in [0.25, 0.3) is 0 Å². The molecule has 2 amide bonds. The Balaban J connectivity index is 2.05. The van der Waals surface area contributed by atoms with Crippen LogP contribution in [0.4, 0.5) is 5.69 Å². The highest BCUT2D eigenvalue weighted by atomic mass is 32.2. The molecule has 8 nitrogen and oxygen atoms in total. The molecule has 10 heteroatoms. The highest BCUT2D eigenvalue weighted by Gasteiger charge is 2.33. The predicted octanol–water partition coefficient (Wildman–Crippen LogP) is 4.95. The van der Waals surface area contributed by atoms with Crippen LogP contribution < -0.4 is 14.4 Å². The zero-order chi connectivity index (χ0) is 29.1. The van der Waals surface area contributed by atoms with Crippen molar-refractivity contribution in [2.75, 3.05) is 30.3 Å². The molecule has 0 saturated carbocycles. The Morgan fingerprint density at radius 1 is 0.925 bits per heavy atom. The summed E-state index contributed by atoms with van der Waals surface area (Å²) in [7, 11) is -4.13. The molecule has 0 unspecified atom stereocenters. The molecular formula is C30H37N3O5S2. The van der Waals surface area contributed by atoms with Crippen molar-refractivity contribution < 1.29 is 22.7 Å². The Labute approximate surface area is 241 Å². The minimum atomic E-state index is -4.13. The van der Waals surface area contributed by atoms with Gasteiger partial charge in [0, 0.05) is 18.0 Å². The van der Waals surface area contributed by atoms with Crippen LogP contribution in [0.15, 0.2) is 88.7 Å². The summed E-state index contributed by atoms with van der Waals surface area (Å²) in [6.07, 6.45) is 2.28. The van der Waals surface area contributed by atoms with Crippen molar-refractivity contribution in [3.63, 3.8) is 0 Å². The first-order valence-corrected chi connectivity index (χ1v) is 15.9. The van der Waals surface area contributed by atoms with Crippen LogP contribution in [-0.2, 0) is 26.2 Å². The molecule has 0 saturated heterocycles. The van der Waals surface area contributed by atoms with Crippen molar-refractivity contribution in [3.05, 3.63) is 84.4 Å². The van der Waals surface area contributed by atoms with Crippen LogP contribution in [0, 0.1) is 0 Å². The van der Waals surface area contributed by atoms with Gasteiger partial charge in [-0.25, -0.2) is 8.42 Å². The average molecular weight is 584 g/mol. The molecule has 0 bridgehead atoms. The number of benzene rings is 3. The van der Waals surface area contributed by atoms with E-state index in [0.717, 1.165) is 14.8 Å². The molecular weight excluding hydrogens is 546 g/mol. The number of amides is 2. The molecule has 3 aromatic carbocycles. The van der Waals surface area contributed by atoms with Crippen molar-refractivity contribution in [1.82, 2.24) is 10.2 Å². The van der Waals surface area contributed by atoms with Gasteiger partial charge in [-0.05, 0) is 80.6 Å². The summed E-state index contributed by atoms with van der Waals surface area (Å²) < 4.78 is 34.6. The summed E-state index contributed by atoms with van der Waals surface area (Å²) in [6, 6.07) is 21.7. The second-order valence-electron chi connectivity index (χ2n) is 8.94. The van der Waals surface area contributed by atoms with E-state index in [1.165, 1.54) is 16.7 Å². The molecule has 0 aliphatic rings. The van der Waals surface area contributed by atoms with E-state index in [-0.39, 0.29) is 17.3 Å². The third-order valence-corrected chi connectivity index (χ3v) is 8.83. The number of nitrogens with zero attached hydrogens (tertiary/aromatic N) is 2. The van der Waals surface area contributed by atoms with Gasteiger partial charge in [0.05, 0.1) is 17.2 Å². The minimum absolute atomic E-state index is 0.0670. The van der Waals surface area contributed by atoms with Crippen LogP contribution in [-0.4, -0.2) is 57.1 Å². The number of rotatable bonds is 14. The molecule has 1 N–H and O–H groups in total. The summed E-state index contributed by atoms with van der Waals surface area (Å²) in [4.78, 5) is 29.4. The third-order valence-electron chi connectivity index (χ3n) is 6.29. The lowest BCUT2D eigenvalue weighted by Gasteiger charge is -2.33. The van der Waals surface area contributed by atoms with E-state index in [9.17, 15) is 18.0 Å². The Hall–Kier alpha value is -3.50. The van der Waals surface area contributed by atoms with Gasteiger partial charge in [0.15, 0.2) is 0 Å². The molecule has 0 aliphatic carbocycles. The number of nitrogens with one attached hydrogen (secondary N) is 1. The number of hydrogen-bond acceptors (Lipinski definition) is 6. The van der Waals surface area contributed by atoms with E-state index in [4.69, 9.17) is 4.74 Å². The second-order valence-corrected chi connectivity index (χ2v) is 11.7. The molecule has 0 fully saturated rings. The fraction of sp³-hybridized carbons (Fsp3) is 0.333. The smallest absolute Gasteiger partial charge is 0.264 e. The monoisotopic (exact) mass is 583 g/mol. The Morgan fingerprint density at radius 2 is 1.57 bits per heavy atom. The summed E-state index contributed by atoms with van der Waals surface area (Å²) in [5, 5.41) is 2.81. The van der Waals surface area contributed by atoms with Gasteiger partial charge >= 0.3 is 0 Å². The first-order valence-electron chi connectivity index (χ1n) is 13.3. The quantitative estimate of drug-likeness (QED) is 0.270. The standard InChI is InChI=1S/C30H37N3O5S2/c1-5-28(30(35)31-6-2)32(21-23-11-9-8-10-12-23)29(34)22-33(24-13-15-25(16-14-24)38-7-3)40(36,37)27-19-17-26(39-4)18-20-27/h8-20,28H,5-7,21-22H2,1-4H3,(H,31,35)/t28-/m1/s1. The van der Waals surface area contributed by atoms with Gasteiger partial charge in [0.25, 0.3) is 10.0 Å². The van der Waals surface area contributed by atoms with Crippen molar-refractivity contribution in [1.29, 1.82) is 0 Å². The fourth-order valence-electron chi connectivity index (χ4n) is 4.27. The lowest BCUT2D eigenvalue weighted by molar-refractivity contribution is -0.140. The van der Waals surface area contributed by atoms with Crippen molar-refractivity contribution in [2.45, 2.75) is 49.6 Å². The largest absolute Gasteiger partial charge is 0.494 e. The van der Waals surface area contributed by atoms with Gasteiger partial charge in [0.2, 0.25) is 11.8 Å². The van der Waals surface area contributed by atoms with E-state index < -0.39 is 28.5 Å². The third kappa shape index (κ3) is 7.79. The number of sulfonamides is 1. The molecule has 0 spiro atoms. The predicted molar refractivity (Wildman–Crippen MR) is 160 cm³/mol. The SMILES string of the molecule is CCNC(=O)[C@@H](CC)N(Cc1ccccc1)C(=O)CN(c1ccc(OCC)cc1)S(=O)(=O)c1ccc(SC)cc1. The number of anilines is 1. The Bertz CT molecular complexity index is 1350. The molecule has 3 aromatic rings. The van der Waals surface area contributed by atoms with E-state index in [1.54, 1.807) is 48.5 Å². The lowest BCUT2D eigenvalue weighted by Crippen LogP contribution is -2.52. The molecule has 0 aliphatic heterocycles. The number of likely N-dealkylation sites (N-methyl/N-ethyl adjacent to an activating group) is 1. The topological polar surface area (TPSA) is 96.0 Å². The molecule has 0 aromatic heterocycles. The summed E-state index contributed by atoms with van der Waals surface area (Å²) in [6.45, 7) is 6.08. The van der Waals surface area contributed by atoms with Gasteiger partial charge in [-0.15, -0.1) is 11.8 Å². The first kappa shape index (κ1) is 31.0. The normalized spacial score (nSPS) is 11.9. The van der Waals surface area contributed by atoms with Crippen LogP contribution in [0.1, 0.15) is 32.8 Å². The maximum absolute atomic E-state index is 14.0. The zero-order valence-electron chi connectivity index (χ0n) is 23.4. The lowest BCUT2D eigenvalue weighted by atomic mass is 10.1. The average Bonchev–Trinajstić information content (AvgIpc) is 2.97. The number of hydrogen-bond donors (Lipinski definition) is 1. The van der Waals surface area contributed by atoms with Crippen molar-refractivity contribution in [2.24, 2.45) is 0 Å². The van der Waals surface area contributed by atoms with Crippen molar-refractivity contribution >= 4 is 39.3 Å². The van der Waals surface area contributed by atoms with Gasteiger partial charge in [0.1, 0.15) is 18.3 Å². The van der Waals surface area contributed by atoms with Crippen molar-refractivity contribution in [3.8, 4) is 5.75 Å². The number of ether oxygens (including phenoxy) is 1. The van der Waals surface area contributed by atoms with Crippen LogP contribution in [0.5, 0.6) is 5.75 Å². The van der Waals surface area contributed by atoms with Crippen LogP contribution >= 0.6 is 11.8 Å². The molecule has 214 valence electrons. The maximum Gasteiger partial charge on any atom is 0.264 e. The molecule has 1 atom stereocenters. The van der Waals surface area contributed by atoms with E-state index in [1.807, 2.05) is 57.4 Å². The molecule has 0 heterocycles. The Morgan fingerprint density at radius 3 is 2.12 bits per heavy atom. The number of thioether (sulfide) groups is 1. The minimum Gasteiger partial charge on any atom is -0.494 e. The van der Waals surface area contributed by atoms with E-state index >= 15 is 0 Å². The molecule has 40 heavy (non-hydrogen) atoms. The fourth-order valence-corrected chi connectivity index (χ4v) is 6.09. The summed E-state index contributed by atoms with van der Waals surface area (Å²) in [5.74, 6) is -0.176. The van der Waals surface area contributed by atoms with Gasteiger partial charge in [-0.3, -0.25) is 13.9 Å². The highest BCUT2D eigenvalue weighted by molar-refractivity contribution is 7.98. The van der Waals surface area contributed by atoms with Gasteiger partial charge in [-0.1, -0.05) is 37.3 Å². The van der Waals surface area contributed by atoms with Crippen LogP contribution in [0.3, 0.4) is 0 Å². The van der Waals surface area contributed by atoms with E-state index in [2.05, 4.69) is 5.32 Å². The van der Waals surface area contributed by atoms with Gasteiger partial charge < -0.3 is 15.0 Å². The zero-order valence-corrected chi connectivity index (χ0v) is 25.0. The number of carbonyl (C=O) groups excluding carboxylic acids is 2. The number of carbonyl (C=O) groups is 2. The first-order chi connectivity index (χ1) is 19.2. The molecule has 3 rings (SSSR count). The van der Waals surface area contributed by atoms with Crippen LogP contribution in [0.2, 0.25) is 0 Å². The second kappa shape index (κ2) is 14.8. The summed E-state index contributed by atoms with van der Waals surface area (Å²) in [5.41, 5.74) is 1.15. The van der Waals surface area contributed by atoms with Gasteiger partial charge in [-0.2, -0.15) is 0 Å².